The first kappa shape index (κ1) is 16.2. The third kappa shape index (κ3) is 3.63. The van der Waals surface area contributed by atoms with Gasteiger partial charge in [0.05, 0.1) is 19.0 Å². The van der Waals surface area contributed by atoms with Crippen LogP contribution in [0.15, 0.2) is 41.8 Å². The zero-order chi connectivity index (χ0) is 16.4. The molecule has 0 saturated carbocycles. The molecular formula is C16H21N3O3S. The zero-order valence-electron chi connectivity index (χ0n) is 13.3. The number of ether oxygens (including phenoxy) is 1. The molecule has 7 heteroatoms. The van der Waals surface area contributed by atoms with Crippen LogP contribution in [0.4, 0.5) is 0 Å². The Balaban J connectivity index is 1.63. The van der Waals surface area contributed by atoms with Crippen LogP contribution in [-0.4, -0.2) is 30.6 Å². The van der Waals surface area contributed by atoms with Gasteiger partial charge in [0.2, 0.25) is 0 Å². The van der Waals surface area contributed by atoms with Crippen molar-refractivity contribution < 1.29 is 13.2 Å². The van der Waals surface area contributed by atoms with Crippen molar-refractivity contribution in [1.82, 2.24) is 14.3 Å². The van der Waals surface area contributed by atoms with Gasteiger partial charge in [0.25, 0.3) is 10.0 Å². The van der Waals surface area contributed by atoms with Gasteiger partial charge in [-0.2, -0.15) is 0 Å². The van der Waals surface area contributed by atoms with Crippen LogP contribution in [0.3, 0.4) is 0 Å². The SMILES string of the molecule is CC(C)n1cnc(S(=O)(=O)NCC2Cc3ccccc3CO2)c1. The summed E-state index contributed by atoms with van der Waals surface area (Å²) in [7, 11) is -3.61. The number of rotatable bonds is 5. The Kier molecular flexibility index (Phi) is 4.52. The molecule has 0 radical (unpaired) electrons. The predicted octanol–water partition coefficient (Wildman–Crippen LogP) is 1.88. The molecule has 0 saturated heterocycles. The maximum absolute atomic E-state index is 12.3. The zero-order valence-corrected chi connectivity index (χ0v) is 14.1. The first-order valence-corrected chi connectivity index (χ1v) is 9.15. The third-order valence-corrected chi connectivity index (χ3v) is 5.30. The topological polar surface area (TPSA) is 73.2 Å². The van der Waals surface area contributed by atoms with E-state index in [0.717, 1.165) is 0 Å². The van der Waals surface area contributed by atoms with Gasteiger partial charge < -0.3 is 9.30 Å². The molecule has 1 N–H and O–H groups in total. The van der Waals surface area contributed by atoms with E-state index in [4.69, 9.17) is 4.74 Å². The van der Waals surface area contributed by atoms with Gasteiger partial charge in [-0.3, -0.25) is 0 Å². The van der Waals surface area contributed by atoms with E-state index in [0.29, 0.717) is 13.0 Å². The van der Waals surface area contributed by atoms with Crippen molar-refractivity contribution in [2.45, 2.75) is 44.0 Å². The number of fused-ring (bicyclic) bond motifs is 1. The molecule has 1 unspecified atom stereocenters. The van der Waals surface area contributed by atoms with Crippen molar-refractivity contribution in [2.75, 3.05) is 6.54 Å². The van der Waals surface area contributed by atoms with Gasteiger partial charge in [-0.15, -0.1) is 0 Å². The van der Waals surface area contributed by atoms with Crippen molar-refractivity contribution in [1.29, 1.82) is 0 Å². The molecule has 0 fully saturated rings. The number of sulfonamides is 1. The Morgan fingerprint density at radius 2 is 2.09 bits per heavy atom. The number of hydrogen-bond acceptors (Lipinski definition) is 4. The third-order valence-electron chi connectivity index (χ3n) is 3.99. The monoisotopic (exact) mass is 335 g/mol. The number of imidazole rings is 1. The fraction of sp³-hybridized carbons (Fsp3) is 0.438. The van der Waals surface area contributed by atoms with Crippen LogP contribution in [0.25, 0.3) is 0 Å². The van der Waals surface area contributed by atoms with Crippen LogP contribution in [0.1, 0.15) is 31.0 Å². The molecule has 2 aromatic rings. The highest BCUT2D eigenvalue weighted by Crippen LogP contribution is 2.20. The minimum atomic E-state index is -3.61. The summed E-state index contributed by atoms with van der Waals surface area (Å²) in [6.45, 7) is 4.70. The van der Waals surface area contributed by atoms with Crippen LogP contribution in [0.5, 0.6) is 0 Å². The molecule has 1 aromatic heterocycles. The van der Waals surface area contributed by atoms with E-state index in [1.807, 2.05) is 32.0 Å². The van der Waals surface area contributed by atoms with Crippen LogP contribution >= 0.6 is 0 Å². The van der Waals surface area contributed by atoms with Crippen molar-refractivity contribution >= 4 is 10.0 Å². The van der Waals surface area contributed by atoms with Gasteiger partial charge in [0.1, 0.15) is 0 Å². The van der Waals surface area contributed by atoms with Gasteiger partial charge in [0, 0.05) is 25.2 Å². The highest BCUT2D eigenvalue weighted by atomic mass is 32.2. The first-order chi connectivity index (χ1) is 11.0. The minimum absolute atomic E-state index is 0.0439. The summed E-state index contributed by atoms with van der Waals surface area (Å²) >= 11 is 0. The Hall–Kier alpha value is -1.70. The summed E-state index contributed by atoms with van der Waals surface area (Å²) in [5.74, 6) is 0. The minimum Gasteiger partial charge on any atom is -0.372 e. The molecule has 124 valence electrons. The van der Waals surface area contributed by atoms with E-state index in [1.54, 1.807) is 10.8 Å². The lowest BCUT2D eigenvalue weighted by Crippen LogP contribution is -2.36. The maximum atomic E-state index is 12.3. The van der Waals surface area contributed by atoms with Gasteiger partial charge >= 0.3 is 0 Å². The molecule has 2 heterocycles. The second-order valence-corrected chi connectivity index (χ2v) is 7.72. The van der Waals surface area contributed by atoms with E-state index in [1.165, 1.54) is 17.5 Å². The van der Waals surface area contributed by atoms with Crippen molar-refractivity contribution in [3.8, 4) is 0 Å². The summed E-state index contributed by atoms with van der Waals surface area (Å²) in [5.41, 5.74) is 2.38. The Labute approximate surface area is 136 Å². The summed E-state index contributed by atoms with van der Waals surface area (Å²) < 4.78 is 34.7. The van der Waals surface area contributed by atoms with E-state index in [9.17, 15) is 8.42 Å². The molecule has 0 amide bonds. The van der Waals surface area contributed by atoms with Gasteiger partial charge in [-0.05, 0) is 25.0 Å². The average Bonchev–Trinajstić information content (AvgIpc) is 3.04. The number of aromatic nitrogens is 2. The smallest absolute Gasteiger partial charge is 0.259 e. The van der Waals surface area contributed by atoms with Crippen LogP contribution < -0.4 is 4.72 Å². The number of benzene rings is 1. The molecule has 0 bridgehead atoms. The van der Waals surface area contributed by atoms with E-state index in [-0.39, 0.29) is 23.7 Å². The molecule has 1 aliphatic rings. The standard InChI is InChI=1S/C16H21N3O3S/c1-12(2)19-9-16(17-11-19)23(20,21)18-8-15-7-13-5-3-4-6-14(13)10-22-15/h3-6,9,11-12,15,18H,7-8,10H2,1-2H3. The van der Waals surface area contributed by atoms with E-state index in [2.05, 4.69) is 15.8 Å². The molecule has 0 aliphatic carbocycles. The molecule has 1 aliphatic heterocycles. The van der Waals surface area contributed by atoms with Gasteiger partial charge in [0.15, 0.2) is 5.03 Å². The fourth-order valence-electron chi connectivity index (χ4n) is 2.56. The van der Waals surface area contributed by atoms with Crippen LogP contribution in [-0.2, 0) is 27.8 Å². The lowest BCUT2D eigenvalue weighted by molar-refractivity contribution is 0.0322. The summed E-state index contributed by atoms with van der Waals surface area (Å²) in [5, 5.41) is 0.0439. The Morgan fingerprint density at radius 3 is 2.78 bits per heavy atom. The summed E-state index contributed by atoms with van der Waals surface area (Å²) in [6, 6.07) is 8.24. The first-order valence-electron chi connectivity index (χ1n) is 7.67. The fourth-order valence-corrected chi connectivity index (χ4v) is 3.56. The number of nitrogens with one attached hydrogen (secondary N) is 1. The molecule has 23 heavy (non-hydrogen) atoms. The molecule has 3 rings (SSSR count). The predicted molar refractivity (Wildman–Crippen MR) is 86.5 cm³/mol. The summed E-state index contributed by atoms with van der Waals surface area (Å²) in [6.07, 6.45) is 3.63. The van der Waals surface area contributed by atoms with Crippen molar-refractivity contribution in [3.63, 3.8) is 0 Å². The molecular weight excluding hydrogens is 314 g/mol. The Morgan fingerprint density at radius 1 is 1.35 bits per heavy atom. The van der Waals surface area contributed by atoms with Crippen LogP contribution in [0, 0.1) is 0 Å². The molecule has 6 nitrogen and oxygen atoms in total. The largest absolute Gasteiger partial charge is 0.372 e. The average molecular weight is 335 g/mol. The highest BCUT2D eigenvalue weighted by molar-refractivity contribution is 7.89. The van der Waals surface area contributed by atoms with Crippen molar-refractivity contribution in [3.05, 3.63) is 47.9 Å². The summed E-state index contributed by atoms with van der Waals surface area (Å²) in [4.78, 5) is 3.98. The second kappa shape index (κ2) is 6.43. The molecule has 1 aromatic carbocycles. The normalized spacial score (nSPS) is 18.1. The number of nitrogens with zero attached hydrogens (tertiary/aromatic N) is 2. The molecule has 0 spiro atoms. The highest BCUT2D eigenvalue weighted by Gasteiger charge is 2.23. The Bertz CT molecular complexity index is 783. The van der Waals surface area contributed by atoms with Gasteiger partial charge in [-0.25, -0.2) is 18.1 Å². The lowest BCUT2D eigenvalue weighted by atomic mass is 9.99. The van der Waals surface area contributed by atoms with Crippen LogP contribution in [0.2, 0.25) is 0 Å². The van der Waals surface area contributed by atoms with E-state index < -0.39 is 10.0 Å². The van der Waals surface area contributed by atoms with Gasteiger partial charge in [-0.1, -0.05) is 24.3 Å². The quantitative estimate of drug-likeness (QED) is 0.905. The van der Waals surface area contributed by atoms with E-state index >= 15 is 0 Å². The lowest BCUT2D eigenvalue weighted by Gasteiger charge is -2.25. The molecule has 1 atom stereocenters. The maximum Gasteiger partial charge on any atom is 0.259 e. The number of hydrogen-bond donors (Lipinski definition) is 1. The van der Waals surface area contributed by atoms with Crippen molar-refractivity contribution in [2.24, 2.45) is 0 Å². The second-order valence-electron chi connectivity index (χ2n) is 6.01.